The normalized spacial score (nSPS) is 21.9. The molecule has 1 aromatic rings. The van der Waals surface area contributed by atoms with Gasteiger partial charge >= 0.3 is 18.5 Å². The molecule has 0 spiro atoms. The number of carbonyl (C=O) groups is 1. The average Bonchev–Trinajstić information content (AvgIpc) is 2.92. The van der Waals surface area contributed by atoms with E-state index in [1.165, 1.54) is 0 Å². The molecule has 1 aliphatic heterocycles. The van der Waals surface area contributed by atoms with Gasteiger partial charge in [-0.2, -0.15) is 0 Å². The highest BCUT2D eigenvalue weighted by Crippen LogP contribution is 2.28. The fourth-order valence-electron chi connectivity index (χ4n) is 1.93. The lowest BCUT2D eigenvalue weighted by atomic mass is 10.1. The number of hydrogen-bond acceptors (Lipinski definition) is 7. The highest BCUT2D eigenvalue weighted by atomic mass is 19.4. The molecule has 1 aromatic heterocycles. The van der Waals surface area contributed by atoms with E-state index in [4.69, 9.17) is 19.0 Å². The van der Waals surface area contributed by atoms with Crippen molar-refractivity contribution in [2.45, 2.75) is 31.3 Å². The van der Waals surface area contributed by atoms with Gasteiger partial charge in [0.2, 0.25) is 5.89 Å². The van der Waals surface area contributed by atoms with E-state index in [2.05, 4.69) is 20.3 Å². The van der Waals surface area contributed by atoms with Gasteiger partial charge < -0.3 is 24.3 Å². The van der Waals surface area contributed by atoms with Crippen molar-refractivity contribution in [2.24, 2.45) is 0 Å². The van der Waals surface area contributed by atoms with Crippen LogP contribution in [0.1, 0.15) is 24.8 Å². The van der Waals surface area contributed by atoms with Crippen molar-refractivity contribution < 1.29 is 41.7 Å². The first-order chi connectivity index (χ1) is 10.8. The second-order valence-corrected chi connectivity index (χ2v) is 4.59. The largest absolute Gasteiger partial charge is 0.522 e. The monoisotopic (exact) mass is 341 g/mol. The Bertz CT molecular complexity index is 515. The molecule has 1 amide bonds. The van der Waals surface area contributed by atoms with E-state index in [0.717, 1.165) is 0 Å². The first-order valence-corrected chi connectivity index (χ1v) is 6.61. The quantitative estimate of drug-likeness (QED) is 0.747. The van der Waals surface area contributed by atoms with Crippen molar-refractivity contribution in [1.29, 1.82) is 0 Å². The molecule has 23 heavy (non-hydrogen) atoms. The van der Waals surface area contributed by atoms with Gasteiger partial charge in [0, 0.05) is 0 Å². The molecule has 1 fully saturated rings. The Morgan fingerprint density at radius 1 is 1.35 bits per heavy atom. The third-order valence-electron chi connectivity index (χ3n) is 2.88. The van der Waals surface area contributed by atoms with Crippen LogP contribution in [0.2, 0.25) is 0 Å². The Labute approximate surface area is 127 Å². The minimum atomic E-state index is -4.72. The standard InChI is InChI=1S/C11H14F3N3O6/c12-11(13,14)22-4-3-20-10-17-16-8(23-10)7-2-1-6(5-21-7)15-9(18)19/h6-7,15H,1-5H2,(H,18,19)/t6-,7+/m1/s1. The van der Waals surface area contributed by atoms with E-state index >= 15 is 0 Å². The molecule has 2 rings (SSSR count). The summed E-state index contributed by atoms with van der Waals surface area (Å²) in [4.78, 5) is 10.5. The van der Waals surface area contributed by atoms with Crippen LogP contribution in [0.3, 0.4) is 0 Å². The van der Waals surface area contributed by atoms with Gasteiger partial charge in [-0.05, 0) is 12.8 Å². The van der Waals surface area contributed by atoms with Crippen molar-refractivity contribution in [3.8, 4) is 6.08 Å². The molecule has 2 atom stereocenters. The van der Waals surface area contributed by atoms with Crippen molar-refractivity contribution in [3.05, 3.63) is 5.89 Å². The van der Waals surface area contributed by atoms with Crippen LogP contribution in [0.15, 0.2) is 4.42 Å². The zero-order valence-corrected chi connectivity index (χ0v) is 11.7. The van der Waals surface area contributed by atoms with Crippen LogP contribution in [-0.2, 0) is 9.47 Å². The maximum absolute atomic E-state index is 11.8. The number of alkyl halides is 3. The second-order valence-electron chi connectivity index (χ2n) is 4.59. The van der Waals surface area contributed by atoms with Crippen LogP contribution in [0.25, 0.3) is 0 Å². The van der Waals surface area contributed by atoms with E-state index in [1.54, 1.807) is 0 Å². The fourth-order valence-corrected chi connectivity index (χ4v) is 1.93. The molecular weight excluding hydrogens is 327 g/mol. The number of nitrogens with zero attached hydrogens (tertiary/aromatic N) is 2. The van der Waals surface area contributed by atoms with Gasteiger partial charge in [-0.25, -0.2) is 4.79 Å². The smallest absolute Gasteiger partial charge is 0.465 e. The summed E-state index contributed by atoms with van der Waals surface area (Å²) in [7, 11) is 0. The Hall–Kier alpha value is -2.08. The van der Waals surface area contributed by atoms with Crippen LogP contribution in [-0.4, -0.2) is 53.6 Å². The summed E-state index contributed by atoms with van der Waals surface area (Å²) in [6.07, 6.45) is -5.69. The summed E-state index contributed by atoms with van der Waals surface area (Å²) in [5.74, 6) is 0.116. The molecule has 0 aliphatic carbocycles. The van der Waals surface area contributed by atoms with Crippen LogP contribution < -0.4 is 10.1 Å². The van der Waals surface area contributed by atoms with E-state index in [9.17, 15) is 18.0 Å². The van der Waals surface area contributed by atoms with Gasteiger partial charge in [0.05, 0.1) is 19.3 Å². The molecule has 0 saturated carbocycles. The number of aromatic nitrogens is 2. The first-order valence-electron chi connectivity index (χ1n) is 6.61. The Morgan fingerprint density at radius 2 is 2.13 bits per heavy atom. The SMILES string of the molecule is O=C(O)N[C@@H]1CC[C@@H](c2nnc(OCCOC(F)(F)F)o2)OC1. The molecule has 1 saturated heterocycles. The Morgan fingerprint density at radius 3 is 2.74 bits per heavy atom. The summed E-state index contributed by atoms with van der Waals surface area (Å²) in [5, 5.41) is 18.1. The van der Waals surface area contributed by atoms with Crippen LogP contribution >= 0.6 is 0 Å². The first kappa shape index (κ1) is 17.3. The fraction of sp³-hybridized carbons (Fsp3) is 0.727. The lowest BCUT2D eigenvalue weighted by Crippen LogP contribution is -2.40. The molecule has 0 unspecified atom stereocenters. The molecule has 1 aliphatic rings. The molecule has 2 N–H and O–H groups in total. The Kier molecular flexibility index (Phi) is 5.60. The number of hydrogen-bond donors (Lipinski definition) is 2. The summed E-state index contributed by atoms with van der Waals surface area (Å²) >= 11 is 0. The number of rotatable bonds is 6. The molecule has 0 aromatic carbocycles. The van der Waals surface area contributed by atoms with Crippen molar-refractivity contribution in [3.63, 3.8) is 0 Å². The molecule has 2 heterocycles. The number of carboxylic acid groups (broad SMARTS) is 1. The average molecular weight is 341 g/mol. The van der Waals surface area contributed by atoms with Crippen molar-refractivity contribution in [2.75, 3.05) is 19.8 Å². The number of nitrogens with one attached hydrogen (secondary N) is 1. The lowest BCUT2D eigenvalue weighted by molar-refractivity contribution is -0.325. The van der Waals surface area contributed by atoms with E-state index < -0.39 is 31.8 Å². The molecular formula is C11H14F3N3O6. The van der Waals surface area contributed by atoms with Crippen LogP contribution in [0, 0.1) is 0 Å². The summed E-state index contributed by atoms with van der Waals surface area (Å²) in [6.45, 7) is -0.962. The summed E-state index contributed by atoms with van der Waals surface area (Å²) in [6, 6.07) is -0.318. The van der Waals surface area contributed by atoms with Crippen molar-refractivity contribution >= 4 is 6.09 Å². The number of halogens is 3. The van der Waals surface area contributed by atoms with Crippen molar-refractivity contribution in [1.82, 2.24) is 15.5 Å². The zero-order chi connectivity index (χ0) is 16.9. The van der Waals surface area contributed by atoms with E-state index in [0.29, 0.717) is 12.8 Å². The maximum Gasteiger partial charge on any atom is 0.522 e. The number of ether oxygens (including phenoxy) is 3. The van der Waals surface area contributed by atoms with Gasteiger partial charge in [0.15, 0.2) is 0 Å². The van der Waals surface area contributed by atoms with E-state index in [1.807, 2.05) is 0 Å². The zero-order valence-electron chi connectivity index (χ0n) is 11.7. The Balaban J connectivity index is 1.73. The van der Waals surface area contributed by atoms with Gasteiger partial charge in [0.1, 0.15) is 12.7 Å². The maximum atomic E-state index is 11.8. The molecule has 9 nitrogen and oxygen atoms in total. The minimum absolute atomic E-state index is 0.116. The molecule has 0 radical (unpaired) electrons. The topological polar surface area (TPSA) is 116 Å². The van der Waals surface area contributed by atoms with E-state index in [-0.39, 0.29) is 24.6 Å². The molecule has 130 valence electrons. The van der Waals surface area contributed by atoms with Crippen LogP contribution in [0.4, 0.5) is 18.0 Å². The highest BCUT2D eigenvalue weighted by Gasteiger charge is 2.29. The second kappa shape index (κ2) is 7.46. The third-order valence-corrected chi connectivity index (χ3v) is 2.88. The van der Waals surface area contributed by atoms with Gasteiger partial charge in [0.25, 0.3) is 0 Å². The predicted molar refractivity (Wildman–Crippen MR) is 64.7 cm³/mol. The molecule has 0 bridgehead atoms. The molecule has 12 heteroatoms. The van der Waals surface area contributed by atoms with Gasteiger partial charge in [-0.15, -0.1) is 18.3 Å². The van der Waals surface area contributed by atoms with Crippen LogP contribution in [0.5, 0.6) is 6.08 Å². The third kappa shape index (κ3) is 5.90. The minimum Gasteiger partial charge on any atom is -0.465 e. The summed E-state index contributed by atoms with van der Waals surface area (Å²) < 4.78 is 54.2. The lowest BCUT2D eigenvalue weighted by Gasteiger charge is -2.26. The number of amides is 1. The predicted octanol–water partition coefficient (Wildman–Crippen LogP) is 1.47. The summed E-state index contributed by atoms with van der Waals surface area (Å²) in [5.41, 5.74) is 0. The van der Waals surface area contributed by atoms with Gasteiger partial charge in [-0.3, -0.25) is 4.74 Å². The van der Waals surface area contributed by atoms with Gasteiger partial charge in [-0.1, -0.05) is 5.10 Å². The highest BCUT2D eigenvalue weighted by molar-refractivity contribution is 5.64.